The highest BCUT2D eigenvalue weighted by Gasteiger charge is 2.23. The quantitative estimate of drug-likeness (QED) is 0.123. The van der Waals surface area contributed by atoms with E-state index in [9.17, 15) is 0 Å². The van der Waals surface area contributed by atoms with E-state index >= 15 is 0 Å². The van der Waals surface area contributed by atoms with E-state index in [4.69, 9.17) is 19.4 Å². The summed E-state index contributed by atoms with van der Waals surface area (Å²) in [6.45, 7) is 0. The summed E-state index contributed by atoms with van der Waals surface area (Å²) < 4.78 is 16.1. The van der Waals surface area contributed by atoms with Gasteiger partial charge >= 0.3 is 0 Å². The Bertz CT molecular complexity index is 10600. The Labute approximate surface area is 787 Å². The van der Waals surface area contributed by atoms with Crippen molar-refractivity contribution in [2.24, 2.45) is 0 Å². The molecule has 0 spiro atoms. The zero-order valence-corrected chi connectivity index (χ0v) is 74.7. The number of fused-ring (bicyclic) bond motifs is 39. The summed E-state index contributed by atoms with van der Waals surface area (Å²) >= 11 is 1.86. The summed E-state index contributed by atoms with van der Waals surface area (Å²) in [6.07, 6.45) is 0. The number of furan rings is 1. The lowest BCUT2D eigenvalue weighted by Crippen LogP contribution is -1.93. The number of imidazole rings is 3. The lowest BCUT2D eigenvalue weighted by atomic mass is 9.91. The van der Waals surface area contributed by atoms with Gasteiger partial charge in [0.25, 0.3) is 0 Å². The highest BCUT2D eigenvalue weighted by Crippen LogP contribution is 2.47. The molecule has 0 unspecified atom stereocenters. The summed E-state index contributed by atoms with van der Waals surface area (Å²) in [4.78, 5) is 15.5. The lowest BCUT2D eigenvalue weighted by Gasteiger charge is -2.14. The van der Waals surface area contributed by atoms with E-state index in [1.54, 1.807) is 0 Å². The van der Waals surface area contributed by atoms with E-state index in [1.165, 1.54) is 189 Å². The van der Waals surface area contributed by atoms with Gasteiger partial charge in [0.05, 0.1) is 49.7 Å². The molecule has 0 saturated heterocycles. The number of rotatable bonds is 6. The Kier molecular flexibility index (Phi) is 17.0. The Morgan fingerprint density at radius 3 is 0.942 bits per heavy atom. The molecule has 0 fully saturated rings. The van der Waals surface area contributed by atoms with Crippen LogP contribution in [0.15, 0.2) is 465 Å². The fourth-order valence-electron chi connectivity index (χ4n) is 22.2. The first-order valence-corrected chi connectivity index (χ1v) is 47.6. The van der Waals surface area contributed by atoms with Crippen molar-refractivity contribution in [3.63, 3.8) is 0 Å². The fourth-order valence-corrected chi connectivity index (χ4v) is 23.3. The zero-order chi connectivity index (χ0) is 89.6. The predicted octanol–water partition coefficient (Wildman–Crippen LogP) is 35.6. The van der Waals surface area contributed by atoms with E-state index in [-0.39, 0.29) is 0 Å². The normalized spacial score (nSPS) is 12.1. The van der Waals surface area contributed by atoms with Crippen molar-refractivity contribution in [2.45, 2.75) is 0 Å². The number of nitrogens with zero attached hydrogens (tertiary/aromatic N) is 6. The van der Waals surface area contributed by atoms with Gasteiger partial charge in [-0.05, 0) is 275 Å². The van der Waals surface area contributed by atoms with E-state index in [1.807, 2.05) is 23.5 Å². The molecule has 0 atom stereocenters. The molecule has 0 aliphatic rings. The first-order chi connectivity index (χ1) is 67.9. The Morgan fingerprint density at radius 2 is 0.467 bits per heavy atom. The average Bonchev–Trinajstić information content (AvgIpc) is 1.60. The minimum atomic E-state index is 0.914. The van der Waals surface area contributed by atoms with Crippen LogP contribution in [0.4, 0.5) is 0 Å². The van der Waals surface area contributed by atoms with Crippen LogP contribution in [0.25, 0.3) is 289 Å². The standard InChI is InChI=1S/C47H28N2.C41H24N2O.C41H24N2S/c1-2-11-32-27-43-42(25-31(32)10-1)40-23-21-34(28-46(40)49-45-19-8-7-18-44(45)48-47(43)49)30-13-9-12-29(24-30)33-20-22-39-37-16-4-3-14-35(37)36-15-5-6-17-38(36)41(39)26-33;1-2-10-27-23-35-34(22-26(27)9-1)31-20-19-28(24-38(31)43-37-17-5-4-16-36(37)42-41(35)43)25-11-7-12-29(21-25)30-14-8-15-33-32-13-3-6-18-39(32)44-40(30)33;1-2-8-28-23-35-33(21-27(28)7-1)31-19-17-30(24-38(31)43-37-11-5-4-10-36(37)42-41(35)43)26-15-13-25(14-16-26)29-18-20-40-34(22-29)32-9-3-6-12-39(32)44-40/h1-28H;2*1-24H. The number of hydrogen-bond donors (Lipinski definition) is 0. The van der Waals surface area contributed by atoms with E-state index in [0.29, 0.717) is 0 Å². The zero-order valence-electron chi connectivity index (χ0n) is 73.9. The van der Waals surface area contributed by atoms with Gasteiger partial charge in [0.15, 0.2) is 0 Å². The first kappa shape index (κ1) is 76.7. The minimum absolute atomic E-state index is 0.914. The van der Waals surface area contributed by atoms with Crippen LogP contribution in [-0.2, 0) is 0 Å². The van der Waals surface area contributed by atoms with Crippen molar-refractivity contribution >= 4 is 233 Å². The van der Waals surface area contributed by atoms with Crippen LogP contribution in [0.3, 0.4) is 0 Å². The topological polar surface area (TPSA) is 65.0 Å². The van der Waals surface area contributed by atoms with Gasteiger partial charge in [0.2, 0.25) is 0 Å². The molecular weight excluding hydrogens is 1680 g/mol. The molecule has 634 valence electrons. The second kappa shape index (κ2) is 30.3. The third kappa shape index (κ3) is 12.2. The molecule has 8 heterocycles. The summed E-state index contributed by atoms with van der Waals surface area (Å²) in [5, 5.41) is 31.0. The number of para-hydroxylation sites is 8. The predicted molar refractivity (Wildman–Crippen MR) is 581 cm³/mol. The monoisotopic (exact) mass is 1760 g/mol. The summed E-state index contributed by atoms with van der Waals surface area (Å²) in [7, 11) is 0. The number of hydrogen-bond acceptors (Lipinski definition) is 5. The number of pyridine rings is 3. The van der Waals surface area contributed by atoms with Crippen LogP contribution in [0.5, 0.6) is 0 Å². The average molecular weight is 1760 g/mol. The molecule has 31 rings (SSSR count). The van der Waals surface area contributed by atoms with Crippen LogP contribution in [0.1, 0.15) is 0 Å². The van der Waals surface area contributed by atoms with Crippen LogP contribution in [0, 0.1) is 0 Å². The van der Waals surface area contributed by atoms with Crippen LogP contribution < -0.4 is 0 Å². The SMILES string of the molecule is c1cc(-c2ccc3c4cc5ccccc5cc4c4nc5ccccc5n4c3c2)cc(-c2cccc3c2oc2ccccc23)c1.c1cc(-c2ccc3c4ccccc4c4ccccc4c3c2)cc(-c2ccc3c4cc5ccccc5cc4c4nc5ccccc5n4c3c2)c1.c1ccc2cc3c(cc2c1)c1ccc(-c2ccc(-c4ccc5sc6ccccc6c5c4)cc2)cc1n1c2ccccc2nc31. The fraction of sp³-hybridized carbons (Fsp3) is 0. The van der Waals surface area contributed by atoms with Crippen LogP contribution in [-0.4, -0.2) is 28.2 Å². The number of benzene rings is 23. The maximum Gasteiger partial charge on any atom is 0.146 e. The highest BCUT2D eigenvalue weighted by atomic mass is 32.1. The molecule has 0 saturated carbocycles. The van der Waals surface area contributed by atoms with Crippen molar-refractivity contribution in [3.8, 4) is 66.8 Å². The van der Waals surface area contributed by atoms with Gasteiger partial charge in [-0.1, -0.05) is 328 Å². The summed E-state index contributed by atoms with van der Waals surface area (Å²) in [6, 6.07) is 167. The molecule has 0 amide bonds. The van der Waals surface area contributed by atoms with Gasteiger partial charge in [-0.3, -0.25) is 13.2 Å². The second-order valence-electron chi connectivity index (χ2n) is 36.4. The minimum Gasteiger partial charge on any atom is -0.455 e. The van der Waals surface area contributed by atoms with E-state index in [0.717, 1.165) is 99.8 Å². The molecule has 0 aliphatic carbocycles. The molecule has 137 heavy (non-hydrogen) atoms. The maximum absolute atomic E-state index is 6.38. The molecule has 0 aliphatic heterocycles. The van der Waals surface area contributed by atoms with Gasteiger partial charge in [-0.2, -0.15) is 0 Å². The number of aromatic nitrogens is 6. The maximum atomic E-state index is 6.38. The molecular formula is C129H76N6OS. The largest absolute Gasteiger partial charge is 0.455 e. The van der Waals surface area contributed by atoms with Crippen LogP contribution in [0.2, 0.25) is 0 Å². The molecule has 31 aromatic rings. The van der Waals surface area contributed by atoms with Gasteiger partial charge in [0, 0.05) is 68.8 Å². The van der Waals surface area contributed by atoms with Crippen molar-refractivity contribution in [3.05, 3.63) is 461 Å². The summed E-state index contributed by atoms with van der Waals surface area (Å²) in [5.74, 6) is 0. The lowest BCUT2D eigenvalue weighted by molar-refractivity contribution is 0.670. The molecule has 0 radical (unpaired) electrons. The Morgan fingerprint density at radius 1 is 0.168 bits per heavy atom. The van der Waals surface area contributed by atoms with Crippen LogP contribution >= 0.6 is 11.3 Å². The van der Waals surface area contributed by atoms with Gasteiger partial charge in [-0.25, -0.2) is 15.0 Å². The van der Waals surface area contributed by atoms with Crippen molar-refractivity contribution < 1.29 is 4.42 Å². The van der Waals surface area contributed by atoms with Gasteiger partial charge < -0.3 is 4.42 Å². The molecule has 0 N–H and O–H groups in total. The molecule has 23 aromatic carbocycles. The van der Waals surface area contributed by atoms with E-state index < -0.39 is 0 Å². The van der Waals surface area contributed by atoms with Gasteiger partial charge in [0.1, 0.15) is 28.1 Å². The second-order valence-corrected chi connectivity index (χ2v) is 37.5. The van der Waals surface area contributed by atoms with Crippen molar-refractivity contribution in [2.75, 3.05) is 0 Å². The number of thiophene rings is 1. The highest BCUT2D eigenvalue weighted by molar-refractivity contribution is 7.25. The third-order valence-corrected chi connectivity index (χ3v) is 29.9. The first-order valence-electron chi connectivity index (χ1n) is 46.8. The van der Waals surface area contributed by atoms with Gasteiger partial charge in [-0.15, -0.1) is 11.3 Å². The molecule has 7 nitrogen and oxygen atoms in total. The van der Waals surface area contributed by atoms with E-state index in [2.05, 4.69) is 462 Å². The van der Waals surface area contributed by atoms with Crippen molar-refractivity contribution in [1.29, 1.82) is 0 Å². The smallest absolute Gasteiger partial charge is 0.146 e. The molecule has 8 aromatic heterocycles. The van der Waals surface area contributed by atoms with Crippen molar-refractivity contribution in [1.82, 2.24) is 28.2 Å². The molecule has 0 bridgehead atoms. The Hall–Kier alpha value is -18.0. The molecule has 8 heteroatoms. The summed E-state index contributed by atoms with van der Waals surface area (Å²) in [5.41, 5.74) is 29.0. The third-order valence-electron chi connectivity index (χ3n) is 28.8. The Balaban J connectivity index is 0.0000000996.